The summed E-state index contributed by atoms with van der Waals surface area (Å²) >= 11 is 0. The van der Waals surface area contributed by atoms with E-state index in [0.717, 1.165) is 30.2 Å². The van der Waals surface area contributed by atoms with E-state index in [4.69, 9.17) is 9.47 Å². The molecular weight excluding hydrogens is 337 g/mol. The van der Waals surface area contributed by atoms with Crippen LogP contribution in [0.5, 0.6) is 5.75 Å². The number of benzene rings is 2. The van der Waals surface area contributed by atoms with Gasteiger partial charge in [0.25, 0.3) is 5.91 Å². The number of ether oxygens (including phenoxy) is 2. The fraction of sp³-hybridized carbons (Fsp3) is 0.300. The summed E-state index contributed by atoms with van der Waals surface area (Å²) in [5.41, 5.74) is 1.06. The van der Waals surface area contributed by atoms with Gasteiger partial charge in [-0.3, -0.25) is 4.79 Å². The van der Waals surface area contributed by atoms with Crippen molar-refractivity contribution in [3.05, 3.63) is 65.5 Å². The average molecular weight is 357 g/mol. The maximum atomic E-state index is 13.2. The lowest BCUT2D eigenvalue weighted by Crippen LogP contribution is -2.36. The molecule has 0 aromatic heterocycles. The molecule has 0 heterocycles. The van der Waals surface area contributed by atoms with Crippen LogP contribution in [0.3, 0.4) is 0 Å². The second-order valence-corrected chi connectivity index (χ2v) is 6.19. The van der Waals surface area contributed by atoms with Crippen molar-refractivity contribution in [1.82, 2.24) is 4.90 Å². The Hall–Kier alpha value is -2.89. The summed E-state index contributed by atoms with van der Waals surface area (Å²) in [6, 6.07) is 12.9. The third-order valence-electron chi connectivity index (χ3n) is 4.21. The molecule has 6 heteroatoms. The first-order chi connectivity index (χ1) is 12.6. The van der Waals surface area contributed by atoms with Gasteiger partial charge in [-0.1, -0.05) is 18.2 Å². The van der Waals surface area contributed by atoms with Gasteiger partial charge in [-0.2, -0.15) is 0 Å². The Kier molecular flexibility index (Phi) is 5.51. The molecule has 0 unspecified atom stereocenters. The molecule has 136 valence electrons. The highest BCUT2D eigenvalue weighted by Gasteiger charge is 2.33. The van der Waals surface area contributed by atoms with Crippen LogP contribution in [-0.2, 0) is 16.1 Å². The molecule has 1 aliphatic carbocycles. The summed E-state index contributed by atoms with van der Waals surface area (Å²) in [4.78, 5) is 26.2. The van der Waals surface area contributed by atoms with Crippen LogP contribution in [0.2, 0.25) is 0 Å². The van der Waals surface area contributed by atoms with E-state index < -0.39 is 11.8 Å². The van der Waals surface area contributed by atoms with E-state index in [1.165, 1.54) is 18.2 Å². The van der Waals surface area contributed by atoms with Gasteiger partial charge in [-0.05, 0) is 48.7 Å². The molecule has 0 N–H and O–H groups in total. The molecule has 1 amide bonds. The Bertz CT molecular complexity index is 787. The molecule has 26 heavy (non-hydrogen) atoms. The third kappa shape index (κ3) is 4.59. The minimum Gasteiger partial charge on any atom is -0.497 e. The van der Waals surface area contributed by atoms with E-state index in [1.807, 2.05) is 24.3 Å². The molecule has 1 saturated carbocycles. The molecule has 0 spiro atoms. The molecule has 0 saturated heterocycles. The van der Waals surface area contributed by atoms with Gasteiger partial charge in [-0.15, -0.1) is 0 Å². The third-order valence-corrected chi connectivity index (χ3v) is 4.21. The van der Waals surface area contributed by atoms with Gasteiger partial charge in [0.2, 0.25) is 0 Å². The van der Waals surface area contributed by atoms with Gasteiger partial charge in [0.05, 0.1) is 12.7 Å². The highest BCUT2D eigenvalue weighted by Crippen LogP contribution is 2.29. The van der Waals surface area contributed by atoms with E-state index >= 15 is 0 Å². The molecular formula is C20H20FNO4. The summed E-state index contributed by atoms with van der Waals surface area (Å²) in [5, 5.41) is 0. The molecule has 0 bridgehead atoms. The molecule has 2 aromatic rings. The smallest absolute Gasteiger partial charge is 0.338 e. The summed E-state index contributed by atoms with van der Waals surface area (Å²) in [7, 11) is 1.60. The van der Waals surface area contributed by atoms with Crippen LogP contribution in [0.25, 0.3) is 0 Å². The Morgan fingerprint density at radius 3 is 2.50 bits per heavy atom. The van der Waals surface area contributed by atoms with Crippen LogP contribution < -0.4 is 4.74 Å². The molecule has 0 aliphatic heterocycles. The molecule has 1 fully saturated rings. The zero-order valence-electron chi connectivity index (χ0n) is 14.5. The maximum absolute atomic E-state index is 13.2. The fourth-order valence-electron chi connectivity index (χ4n) is 2.64. The molecule has 3 rings (SSSR count). The Balaban J connectivity index is 1.59. The zero-order valence-corrected chi connectivity index (χ0v) is 14.5. The first-order valence-corrected chi connectivity index (χ1v) is 8.42. The standard InChI is InChI=1S/C20H20FNO4/c1-25-18-9-5-14(6-10-18)12-22(17-7-8-17)19(23)13-26-20(24)15-3-2-4-16(21)11-15/h2-6,9-11,17H,7-8,12-13H2,1H3. The van der Waals surface area contributed by atoms with Crippen molar-refractivity contribution in [3.8, 4) is 5.75 Å². The quantitative estimate of drug-likeness (QED) is 0.714. The molecule has 5 nitrogen and oxygen atoms in total. The van der Waals surface area contributed by atoms with Crippen LogP contribution in [0.1, 0.15) is 28.8 Å². The first-order valence-electron chi connectivity index (χ1n) is 8.42. The molecule has 1 aliphatic rings. The minimum atomic E-state index is -0.710. The highest BCUT2D eigenvalue weighted by molar-refractivity contribution is 5.91. The van der Waals surface area contributed by atoms with E-state index in [1.54, 1.807) is 12.0 Å². The van der Waals surface area contributed by atoms with Crippen molar-refractivity contribution in [2.24, 2.45) is 0 Å². The summed E-state index contributed by atoms with van der Waals surface area (Å²) in [6.45, 7) is 0.0903. The lowest BCUT2D eigenvalue weighted by atomic mass is 10.2. The summed E-state index contributed by atoms with van der Waals surface area (Å²) < 4.78 is 23.4. The van der Waals surface area contributed by atoms with Gasteiger partial charge in [-0.25, -0.2) is 9.18 Å². The van der Waals surface area contributed by atoms with Crippen LogP contribution in [0.15, 0.2) is 48.5 Å². The van der Waals surface area contributed by atoms with E-state index in [0.29, 0.717) is 6.54 Å². The highest BCUT2D eigenvalue weighted by atomic mass is 19.1. The number of esters is 1. The van der Waals surface area contributed by atoms with E-state index in [-0.39, 0.29) is 24.1 Å². The second-order valence-electron chi connectivity index (χ2n) is 6.19. The van der Waals surface area contributed by atoms with Gasteiger partial charge in [0.15, 0.2) is 6.61 Å². The summed E-state index contributed by atoms with van der Waals surface area (Å²) in [5.74, 6) is -0.738. The van der Waals surface area contributed by atoms with Crippen molar-refractivity contribution >= 4 is 11.9 Å². The first kappa shape index (κ1) is 17.9. The second kappa shape index (κ2) is 7.99. The maximum Gasteiger partial charge on any atom is 0.338 e. The number of amides is 1. The van der Waals surface area contributed by atoms with Crippen molar-refractivity contribution < 1.29 is 23.5 Å². The van der Waals surface area contributed by atoms with Gasteiger partial charge >= 0.3 is 5.97 Å². The van der Waals surface area contributed by atoms with Gasteiger partial charge < -0.3 is 14.4 Å². The van der Waals surface area contributed by atoms with Crippen molar-refractivity contribution in [1.29, 1.82) is 0 Å². The minimum absolute atomic E-state index is 0.0888. The average Bonchev–Trinajstić information content (AvgIpc) is 3.49. The van der Waals surface area contributed by atoms with Gasteiger partial charge in [0, 0.05) is 12.6 Å². The fourth-order valence-corrected chi connectivity index (χ4v) is 2.64. The van der Waals surface area contributed by atoms with Crippen LogP contribution >= 0.6 is 0 Å². The van der Waals surface area contributed by atoms with Crippen LogP contribution in [0.4, 0.5) is 4.39 Å². The zero-order chi connectivity index (χ0) is 18.5. The predicted octanol–water partition coefficient (Wildman–Crippen LogP) is 3.18. The number of halogens is 1. The van der Waals surface area contributed by atoms with Crippen molar-refractivity contribution in [2.75, 3.05) is 13.7 Å². The number of methoxy groups -OCH3 is 1. The topological polar surface area (TPSA) is 55.8 Å². The Morgan fingerprint density at radius 1 is 1.15 bits per heavy atom. The Morgan fingerprint density at radius 2 is 1.88 bits per heavy atom. The normalized spacial score (nSPS) is 13.2. The lowest BCUT2D eigenvalue weighted by molar-refractivity contribution is -0.135. The SMILES string of the molecule is COc1ccc(CN(C(=O)COC(=O)c2cccc(F)c2)C2CC2)cc1. The van der Waals surface area contributed by atoms with Crippen molar-refractivity contribution in [3.63, 3.8) is 0 Å². The number of rotatable bonds is 7. The number of carbonyl (C=O) groups excluding carboxylic acids is 2. The number of nitrogens with zero attached hydrogens (tertiary/aromatic N) is 1. The predicted molar refractivity (Wildman–Crippen MR) is 93.2 cm³/mol. The Labute approximate surface area is 151 Å². The number of carbonyl (C=O) groups is 2. The van der Waals surface area contributed by atoms with E-state index in [2.05, 4.69) is 0 Å². The van der Waals surface area contributed by atoms with E-state index in [9.17, 15) is 14.0 Å². The molecule has 0 radical (unpaired) electrons. The number of hydrogen-bond donors (Lipinski definition) is 0. The lowest BCUT2D eigenvalue weighted by Gasteiger charge is -2.22. The van der Waals surface area contributed by atoms with Crippen LogP contribution in [0, 0.1) is 5.82 Å². The monoisotopic (exact) mass is 357 g/mol. The largest absolute Gasteiger partial charge is 0.497 e. The van der Waals surface area contributed by atoms with Gasteiger partial charge in [0.1, 0.15) is 11.6 Å². The molecule has 0 atom stereocenters. The number of hydrogen-bond acceptors (Lipinski definition) is 4. The van der Waals surface area contributed by atoms with Crippen LogP contribution in [-0.4, -0.2) is 36.5 Å². The van der Waals surface area contributed by atoms with Crippen molar-refractivity contribution in [2.45, 2.75) is 25.4 Å². The summed E-state index contributed by atoms with van der Waals surface area (Å²) in [6.07, 6.45) is 1.89. The molecule has 2 aromatic carbocycles.